The molecule has 0 saturated carbocycles. The van der Waals surface area contributed by atoms with E-state index < -0.39 is 13.3 Å². The normalized spacial score (nSPS) is 11.1. The molecule has 10 rings (SSSR count). The first kappa shape index (κ1) is 41.4. The van der Waals surface area contributed by atoms with Crippen LogP contribution in [0.1, 0.15) is 16.7 Å². The van der Waals surface area contributed by atoms with Gasteiger partial charge in [0.1, 0.15) is 0 Å². The summed E-state index contributed by atoms with van der Waals surface area (Å²) < 4.78 is 18.5. The van der Waals surface area contributed by atoms with Gasteiger partial charge in [-0.05, 0) is 0 Å². The van der Waals surface area contributed by atoms with Crippen molar-refractivity contribution in [3.63, 3.8) is 0 Å². The third kappa shape index (κ3) is 7.06. The third-order valence-electron chi connectivity index (χ3n) is 12.8. The Balaban J connectivity index is 1.22. The van der Waals surface area contributed by atoms with Crippen LogP contribution in [0.25, 0.3) is 60.9 Å². The maximum atomic E-state index is 10.1. The Morgan fingerprint density at radius 1 is 0.379 bits per heavy atom. The summed E-state index contributed by atoms with van der Waals surface area (Å²) in [4.78, 5) is 0. The minimum absolute atomic E-state index is 0.622. The Morgan fingerprint density at radius 3 is 1.02 bits per heavy atom. The summed E-state index contributed by atoms with van der Waals surface area (Å²) in [5, 5.41) is 32.3. The van der Waals surface area contributed by atoms with Gasteiger partial charge in [-0.2, -0.15) is 0 Å². The van der Waals surface area contributed by atoms with Crippen molar-refractivity contribution < 1.29 is 9.47 Å². The van der Waals surface area contributed by atoms with Crippen molar-refractivity contribution in [2.75, 3.05) is 14.2 Å². The zero-order valence-electron chi connectivity index (χ0n) is 36.2. The van der Waals surface area contributed by atoms with Crippen molar-refractivity contribution in [2.45, 2.75) is 0 Å². The van der Waals surface area contributed by atoms with E-state index in [1.54, 1.807) is 14.2 Å². The summed E-state index contributed by atoms with van der Waals surface area (Å²) >= 11 is -4.03. The molecule has 9 aromatic carbocycles. The summed E-state index contributed by atoms with van der Waals surface area (Å²) in [5.41, 5.74) is 10.5. The number of rotatable bonds is 10. The monoisotopic (exact) mass is 910 g/mol. The topological polar surface area (TPSA) is 94.8 Å². The zero-order valence-corrected chi connectivity index (χ0v) is 38.3. The van der Waals surface area contributed by atoms with Crippen molar-refractivity contribution in [3.05, 3.63) is 223 Å². The van der Waals surface area contributed by atoms with Gasteiger partial charge in [0.25, 0.3) is 0 Å². The van der Waals surface area contributed by atoms with Gasteiger partial charge in [0, 0.05) is 0 Å². The van der Waals surface area contributed by atoms with E-state index in [0.717, 1.165) is 72.4 Å². The Morgan fingerprint density at radius 2 is 0.697 bits per heavy atom. The molecule has 0 saturated heterocycles. The van der Waals surface area contributed by atoms with E-state index in [4.69, 9.17) is 9.47 Å². The SMILES string of the molecule is COc1ccc2c(c1)c1cc(OC)ccc1n2-c1cc[c]([Ge]([c]2ccc(-c3ccccc3C#N)cc2)([c]2ccc(-c3ccccc3C#N)cc2)[c]2ccc(-c3ccccc3C#N)cc2)cc1. The fourth-order valence-electron chi connectivity index (χ4n) is 9.57. The molecular formula is C59H40GeN4O2. The van der Waals surface area contributed by atoms with Crippen molar-refractivity contribution in [3.8, 4) is 68.8 Å². The van der Waals surface area contributed by atoms with E-state index in [1.165, 1.54) is 17.6 Å². The average Bonchev–Trinajstić information content (AvgIpc) is 3.72. The van der Waals surface area contributed by atoms with Gasteiger partial charge in [-0.25, -0.2) is 0 Å². The quantitative estimate of drug-likeness (QED) is 0.127. The number of aromatic nitrogens is 1. The molecule has 0 radical (unpaired) electrons. The molecule has 0 bridgehead atoms. The Bertz CT molecular complexity index is 3270. The number of hydrogen-bond acceptors (Lipinski definition) is 5. The summed E-state index contributed by atoms with van der Waals surface area (Å²) in [6.07, 6.45) is 0. The van der Waals surface area contributed by atoms with Crippen LogP contribution in [0.3, 0.4) is 0 Å². The third-order valence-corrected chi connectivity index (χ3v) is 22.8. The molecule has 0 aliphatic rings. The van der Waals surface area contributed by atoms with Crippen molar-refractivity contribution in [2.24, 2.45) is 0 Å². The van der Waals surface area contributed by atoms with Crippen LogP contribution in [0.15, 0.2) is 206 Å². The molecule has 1 heterocycles. The molecule has 0 N–H and O–H groups in total. The van der Waals surface area contributed by atoms with E-state index in [1.807, 2.05) is 84.9 Å². The predicted octanol–water partition coefficient (Wildman–Crippen LogP) is 10.8. The number of benzene rings is 9. The molecule has 0 unspecified atom stereocenters. The fraction of sp³-hybridized carbons (Fsp3) is 0.0339. The first-order valence-corrected chi connectivity index (χ1v) is 25.8. The summed E-state index contributed by atoms with van der Waals surface area (Å²) in [6, 6.07) is 78.1. The molecule has 6 nitrogen and oxygen atoms in total. The van der Waals surface area contributed by atoms with Crippen LogP contribution in [-0.4, -0.2) is 32.1 Å². The molecule has 0 fully saturated rings. The summed E-state index contributed by atoms with van der Waals surface area (Å²) in [6.45, 7) is 0. The molecule has 0 spiro atoms. The Kier molecular flexibility index (Phi) is 11.0. The molecule has 10 aromatic rings. The first-order valence-electron chi connectivity index (χ1n) is 21.6. The van der Waals surface area contributed by atoms with Crippen LogP contribution in [0.5, 0.6) is 11.5 Å². The fourth-order valence-corrected chi connectivity index (χ4v) is 19.4. The maximum absolute atomic E-state index is 10.1. The van der Waals surface area contributed by atoms with E-state index in [9.17, 15) is 15.8 Å². The molecule has 0 aliphatic carbocycles. The summed E-state index contributed by atoms with van der Waals surface area (Å²) in [7, 11) is 3.38. The van der Waals surface area contributed by atoms with Gasteiger partial charge in [-0.15, -0.1) is 0 Å². The molecule has 0 amide bonds. The van der Waals surface area contributed by atoms with E-state index >= 15 is 0 Å². The van der Waals surface area contributed by atoms with Crippen LogP contribution >= 0.6 is 0 Å². The van der Waals surface area contributed by atoms with E-state index in [0.29, 0.717) is 16.7 Å². The predicted molar refractivity (Wildman–Crippen MR) is 268 cm³/mol. The van der Waals surface area contributed by atoms with Crippen LogP contribution in [0.4, 0.5) is 0 Å². The molecular weight excluding hydrogens is 869 g/mol. The zero-order chi connectivity index (χ0) is 45.2. The second-order valence-corrected chi connectivity index (χ2v) is 24.1. The van der Waals surface area contributed by atoms with Gasteiger partial charge in [0.05, 0.1) is 0 Å². The number of nitrogens with zero attached hydrogens (tertiary/aromatic N) is 4. The minimum atomic E-state index is -4.03. The molecule has 66 heavy (non-hydrogen) atoms. The Hall–Kier alpha value is -8.61. The van der Waals surface area contributed by atoms with Gasteiger partial charge in [0.2, 0.25) is 0 Å². The van der Waals surface area contributed by atoms with Crippen LogP contribution in [0.2, 0.25) is 0 Å². The molecule has 0 atom stereocenters. The van der Waals surface area contributed by atoms with Crippen molar-refractivity contribution in [1.29, 1.82) is 15.8 Å². The standard InChI is InChI=1S/C59H40GeN4O2/c1-65-51-31-33-58-56(35-51)57-36-52(66-2)32-34-59(57)64(58)50-29-27-49(28-30-50)60(46-21-15-40(16-22-46)53-12-6-3-9-43(53)37-61,47-23-17-41(18-24-47)54-13-7-4-10-44(54)38-62)48-25-19-42(20-26-48)55-14-8-5-11-45(55)39-63/h3-36H,1-2H3. The van der Waals surface area contributed by atoms with Crippen LogP contribution in [0, 0.1) is 34.0 Å². The van der Waals surface area contributed by atoms with Crippen molar-refractivity contribution in [1.82, 2.24) is 4.57 Å². The van der Waals surface area contributed by atoms with Crippen LogP contribution in [-0.2, 0) is 0 Å². The number of hydrogen-bond donors (Lipinski definition) is 0. The first-order chi connectivity index (χ1) is 32.5. The van der Waals surface area contributed by atoms with E-state index in [-0.39, 0.29) is 0 Å². The van der Waals surface area contributed by atoms with Gasteiger partial charge >= 0.3 is 388 Å². The Labute approximate surface area is 386 Å². The van der Waals surface area contributed by atoms with Gasteiger partial charge in [-0.1, -0.05) is 0 Å². The molecule has 312 valence electrons. The number of nitriles is 3. The second-order valence-electron chi connectivity index (χ2n) is 16.1. The van der Waals surface area contributed by atoms with Gasteiger partial charge < -0.3 is 0 Å². The van der Waals surface area contributed by atoms with Crippen molar-refractivity contribution >= 4 is 52.7 Å². The molecule has 0 aliphatic heterocycles. The number of methoxy groups -OCH3 is 2. The average molecular weight is 910 g/mol. The van der Waals surface area contributed by atoms with E-state index in [2.05, 4.69) is 144 Å². The second kappa shape index (κ2) is 17.5. The van der Waals surface area contributed by atoms with Crippen LogP contribution < -0.4 is 27.1 Å². The van der Waals surface area contributed by atoms with Gasteiger partial charge in [-0.3, -0.25) is 0 Å². The van der Waals surface area contributed by atoms with Gasteiger partial charge in [0.15, 0.2) is 0 Å². The molecule has 1 aromatic heterocycles. The number of ether oxygens (including phenoxy) is 2. The molecule has 7 heteroatoms. The summed E-state index contributed by atoms with van der Waals surface area (Å²) in [5.74, 6) is 1.56. The number of fused-ring (bicyclic) bond motifs is 3.